The highest BCUT2D eigenvalue weighted by Gasteiger charge is 2.12. The third-order valence-corrected chi connectivity index (χ3v) is 4.67. The second kappa shape index (κ2) is 8.95. The van der Waals surface area contributed by atoms with Crippen LogP contribution in [-0.2, 0) is 6.61 Å². The molecule has 2 N–H and O–H groups in total. The van der Waals surface area contributed by atoms with Crippen LogP contribution in [-0.4, -0.2) is 17.1 Å². The van der Waals surface area contributed by atoms with Gasteiger partial charge in [0, 0.05) is 16.8 Å². The molecule has 1 heterocycles. The smallest absolute Gasteiger partial charge is 0.255 e. The molecule has 3 aromatic rings. The van der Waals surface area contributed by atoms with Gasteiger partial charge >= 0.3 is 0 Å². The topological polar surface area (TPSA) is 71.7 Å². The highest BCUT2D eigenvalue weighted by Crippen LogP contribution is 2.32. The van der Waals surface area contributed by atoms with Crippen LogP contribution in [0.1, 0.15) is 36.4 Å². The van der Waals surface area contributed by atoms with Gasteiger partial charge in [-0.25, -0.2) is 0 Å². The van der Waals surface area contributed by atoms with Crippen molar-refractivity contribution in [2.75, 3.05) is 5.32 Å². The minimum absolute atomic E-state index is 0.125. The molecular formula is C22H22ClNO4. The van der Waals surface area contributed by atoms with Crippen molar-refractivity contribution in [2.24, 2.45) is 0 Å². The number of hydrogen-bond donors (Lipinski definition) is 2. The van der Waals surface area contributed by atoms with Crippen LogP contribution in [0.15, 0.2) is 59.0 Å². The molecule has 1 amide bonds. The van der Waals surface area contributed by atoms with E-state index in [0.717, 1.165) is 12.2 Å². The summed E-state index contributed by atoms with van der Waals surface area (Å²) in [5, 5.41) is 12.5. The number of aliphatic hydroxyl groups is 1. The van der Waals surface area contributed by atoms with Gasteiger partial charge in [-0.2, -0.15) is 0 Å². The number of amides is 1. The SMILES string of the molecule is CC[C@H](C)Oc1ccc(C(=O)Nc2ccc(Cl)c(-c3ccc(CO)o3)c2)cc1. The molecular weight excluding hydrogens is 378 g/mol. The Labute approximate surface area is 168 Å². The lowest BCUT2D eigenvalue weighted by Gasteiger charge is -2.13. The van der Waals surface area contributed by atoms with E-state index in [1.807, 2.05) is 6.92 Å². The molecule has 0 radical (unpaired) electrons. The van der Waals surface area contributed by atoms with Crippen LogP contribution in [0.2, 0.25) is 5.02 Å². The highest BCUT2D eigenvalue weighted by atomic mass is 35.5. The van der Waals surface area contributed by atoms with E-state index in [4.69, 9.17) is 25.9 Å². The maximum Gasteiger partial charge on any atom is 0.255 e. The first-order valence-electron chi connectivity index (χ1n) is 9.07. The van der Waals surface area contributed by atoms with Crippen LogP contribution in [0.4, 0.5) is 5.69 Å². The lowest BCUT2D eigenvalue weighted by molar-refractivity contribution is 0.102. The number of ether oxygens (including phenoxy) is 1. The molecule has 28 heavy (non-hydrogen) atoms. The summed E-state index contributed by atoms with van der Waals surface area (Å²) in [6, 6.07) is 15.6. The van der Waals surface area contributed by atoms with Crippen molar-refractivity contribution in [3.8, 4) is 17.1 Å². The van der Waals surface area contributed by atoms with E-state index in [-0.39, 0.29) is 18.6 Å². The van der Waals surface area contributed by atoms with Gasteiger partial charge in [0.05, 0.1) is 11.1 Å². The molecule has 0 aliphatic rings. The predicted octanol–water partition coefficient (Wildman–Crippen LogP) is 5.52. The van der Waals surface area contributed by atoms with E-state index >= 15 is 0 Å². The van der Waals surface area contributed by atoms with Crippen molar-refractivity contribution >= 4 is 23.2 Å². The van der Waals surface area contributed by atoms with E-state index in [9.17, 15) is 4.79 Å². The van der Waals surface area contributed by atoms with Crippen molar-refractivity contribution in [2.45, 2.75) is 33.0 Å². The van der Waals surface area contributed by atoms with Crippen molar-refractivity contribution in [3.63, 3.8) is 0 Å². The van der Waals surface area contributed by atoms with Gasteiger partial charge in [0.1, 0.15) is 23.9 Å². The van der Waals surface area contributed by atoms with Crippen LogP contribution >= 0.6 is 11.6 Å². The molecule has 0 spiro atoms. The highest BCUT2D eigenvalue weighted by molar-refractivity contribution is 6.33. The molecule has 1 aromatic heterocycles. The zero-order valence-electron chi connectivity index (χ0n) is 15.7. The fourth-order valence-electron chi connectivity index (χ4n) is 2.60. The zero-order valence-corrected chi connectivity index (χ0v) is 16.5. The molecule has 3 rings (SSSR count). The Kier molecular flexibility index (Phi) is 6.39. The number of rotatable bonds is 7. The van der Waals surface area contributed by atoms with Crippen LogP contribution in [0, 0.1) is 0 Å². The first-order valence-corrected chi connectivity index (χ1v) is 9.45. The van der Waals surface area contributed by atoms with Gasteiger partial charge in [0.15, 0.2) is 0 Å². The molecule has 2 aromatic carbocycles. The molecule has 146 valence electrons. The van der Waals surface area contributed by atoms with Gasteiger partial charge in [-0.05, 0) is 67.9 Å². The molecule has 0 fully saturated rings. The summed E-state index contributed by atoms with van der Waals surface area (Å²) < 4.78 is 11.3. The standard InChI is InChI=1S/C22H22ClNO4/c1-3-14(2)27-17-7-4-15(5-8-17)22(26)24-16-6-10-20(23)19(12-16)21-11-9-18(13-25)28-21/h4-12,14,25H,3,13H2,1-2H3,(H,24,26)/t14-/m0/s1. The van der Waals surface area contributed by atoms with Gasteiger partial charge in [0.2, 0.25) is 0 Å². The normalized spacial score (nSPS) is 11.9. The Hall–Kier alpha value is -2.76. The fourth-order valence-corrected chi connectivity index (χ4v) is 2.81. The third kappa shape index (κ3) is 4.74. The number of aliphatic hydroxyl groups excluding tert-OH is 1. The van der Waals surface area contributed by atoms with E-state index in [1.54, 1.807) is 54.6 Å². The Morgan fingerprint density at radius 3 is 2.57 bits per heavy atom. The fraction of sp³-hybridized carbons (Fsp3) is 0.227. The number of carbonyl (C=O) groups is 1. The van der Waals surface area contributed by atoms with Crippen LogP contribution in [0.3, 0.4) is 0 Å². The van der Waals surface area contributed by atoms with E-state index in [2.05, 4.69) is 12.2 Å². The van der Waals surface area contributed by atoms with E-state index < -0.39 is 0 Å². The monoisotopic (exact) mass is 399 g/mol. The van der Waals surface area contributed by atoms with E-state index in [1.165, 1.54) is 0 Å². The van der Waals surface area contributed by atoms with Crippen LogP contribution < -0.4 is 10.1 Å². The predicted molar refractivity (Wildman–Crippen MR) is 110 cm³/mol. The maximum absolute atomic E-state index is 12.5. The number of benzene rings is 2. The zero-order chi connectivity index (χ0) is 20.1. The van der Waals surface area contributed by atoms with Crippen molar-refractivity contribution in [1.82, 2.24) is 0 Å². The average Bonchev–Trinajstić information content (AvgIpc) is 3.19. The summed E-state index contributed by atoms with van der Waals surface area (Å²) >= 11 is 6.26. The summed E-state index contributed by atoms with van der Waals surface area (Å²) in [7, 11) is 0. The number of hydrogen-bond acceptors (Lipinski definition) is 4. The number of carbonyl (C=O) groups excluding carboxylic acids is 1. The minimum Gasteiger partial charge on any atom is -0.491 e. The molecule has 0 aliphatic heterocycles. The lowest BCUT2D eigenvalue weighted by Crippen LogP contribution is -2.12. The molecule has 0 saturated heterocycles. The molecule has 0 saturated carbocycles. The summed E-state index contributed by atoms with van der Waals surface area (Å²) in [4.78, 5) is 12.5. The number of nitrogens with one attached hydrogen (secondary N) is 1. The van der Waals surface area contributed by atoms with E-state index in [0.29, 0.717) is 33.4 Å². The molecule has 0 unspecified atom stereocenters. The molecule has 5 nitrogen and oxygen atoms in total. The van der Waals surface area contributed by atoms with Gasteiger partial charge in [-0.15, -0.1) is 0 Å². The molecule has 0 bridgehead atoms. The second-order valence-corrected chi connectivity index (χ2v) is 6.84. The number of furan rings is 1. The average molecular weight is 400 g/mol. The third-order valence-electron chi connectivity index (χ3n) is 4.34. The van der Waals surface area contributed by atoms with Crippen molar-refractivity contribution < 1.29 is 19.1 Å². The van der Waals surface area contributed by atoms with Crippen LogP contribution in [0.5, 0.6) is 5.75 Å². The van der Waals surface area contributed by atoms with Gasteiger partial charge < -0.3 is 19.6 Å². The van der Waals surface area contributed by atoms with Crippen molar-refractivity contribution in [3.05, 3.63) is 70.9 Å². The molecule has 1 atom stereocenters. The van der Waals surface area contributed by atoms with Gasteiger partial charge in [0.25, 0.3) is 5.91 Å². The quantitative estimate of drug-likeness (QED) is 0.548. The van der Waals surface area contributed by atoms with Gasteiger partial charge in [-0.3, -0.25) is 4.79 Å². The Morgan fingerprint density at radius 2 is 1.93 bits per heavy atom. The number of anilines is 1. The van der Waals surface area contributed by atoms with Crippen molar-refractivity contribution in [1.29, 1.82) is 0 Å². The first-order chi connectivity index (χ1) is 13.5. The summed E-state index contributed by atoms with van der Waals surface area (Å²) in [5.41, 5.74) is 1.75. The number of halogens is 1. The second-order valence-electron chi connectivity index (χ2n) is 6.43. The minimum atomic E-state index is -0.237. The molecule has 0 aliphatic carbocycles. The molecule has 6 heteroatoms. The summed E-state index contributed by atoms with van der Waals surface area (Å²) in [6.07, 6.45) is 1.04. The Bertz CT molecular complexity index is 949. The maximum atomic E-state index is 12.5. The van der Waals surface area contributed by atoms with Crippen LogP contribution in [0.25, 0.3) is 11.3 Å². The summed E-state index contributed by atoms with van der Waals surface area (Å²) in [6.45, 7) is 3.87. The first kappa shape index (κ1) is 20.0. The van der Waals surface area contributed by atoms with Gasteiger partial charge in [-0.1, -0.05) is 18.5 Å². The largest absolute Gasteiger partial charge is 0.491 e. The Morgan fingerprint density at radius 1 is 1.18 bits per heavy atom. The lowest BCUT2D eigenvalue weighted by atomic mass is 10.1. The Balaban J connectivity index is 1.74. The summed E-state index contributed by atoms with van der Waals surface area (Å²) in [5.74, 6) is 1.47.